The maximum Gasteiger partial charge on any atom is 0.251 e. The molecular formula is C13H18N2O2. The Morgan fingerprint density at radius 3 is 3.06 bits per heavy atom. The van der Waals surface area contributed by atoms with Crippen molar-refractivity contribution in [3.63, 3.8) is 0 Å². The quantitative estimate of drug-likeness (QED) is 0.720. The molecular weight excluding hydrogens is 216 g/mol. The second-order valence-electron chi connectivity index (χ2n) is 4.47. The van der Waals surface area contributed by atoms with Gasteiger partial charge in [0.1, 0.15) is 5.75 Å². The van der Waals surface area contributed by atoms with Crippen LogP contribution in [0.25, 0.3) is 0 Å². The van der Waals surface area contributed by atoms with Crippen molar-refractivity contribution in [1.29, 1.82) is 0 Å². The predicted octanol–water partition coefficient (Wildman–Crippen LogP) is 1.18. The van der Waals surface area contributed by atoms with Gasteiger partial charge in [-0.25, -0.2) is 0 Å². The molecule has 0 bridgehead atoms. The molecule has 2 rings (SSSR count). The van der Waals surface area contributed by atoms with Crippen molar-refractivity contribution >= 4 is 5.91 Å². The third-order valence-corrected chi connectivity index (χ3v) is 3.18. The second kappa shape index (κ2) is 5.19. The smallest absolute Gasteiger partial charge is 0.251 e. The predicted molar refractivity (Wildman–Crippen MR) is 66.2 cm³/mol. The van der Waals surface area contributed by atoms with E-state index in [1.807, 2.05) is 0 Å². The lowest BCUT2D eigenvalue weighted by Gasteiger charge is -2.24. The lowest BCUT2D eigenvalue weighted by atomic mass is 10.0. The van der Waals surface area contributed by atoms with Crippen LogP contribution in [0.1, 0.15) is 28.8 Å². The molecule has 1 heterocycles. The van der Waals surface area contributed by atoms with E-state index >= 15 is 0 Å². The summed E-state index contributed by atoms with van der Waals surface area (Å²) >= 11 is 0. The van der Waals surface area contributed by atoms with Crippen molar-refractivity contribution in [2.75, 3.05) is 13.1 Å². The van der Waals surface area contributed by atoms with Crippen molar-refractivity contribution in [2.45, 2.75) is 25.8 Å². The summed E-state index contributed by atoms with van der Waals surface area (Å²) in [5.41, 5.74) is 1.18. The SMILES string of the molecule is Cc1c(O)cccc1C(=O)NC1CCCNC1. The first-order valence-electron chi connectivity index (χ1n) is 5.98. The van der Waals surface area contributed by atoms with Crippen LogP contribution >= 0.6 is 0 Å². The molecule has 4 nitrogen and oxygen atoms in total. The van der Waals surface area contributed by atoms with Crippen molar-refractivity contribution < 1.29 is 9.90 Å². The zero-order valence-corrected chi connectivity index (χ0v) is 9.99. The normalized spacial score (nSPS) is 19.9. The number of hydrogen-bond donors (Lipinski definition) is 3. The Morgan fingerprint density at radius 1 is 1.53 bits per heavy atom. The summed E-state index contributed by atoms with van der Waals surface area (Å²) in [7, 11) is 0. The van der Waals surface area contributed by atoms with E-state index in [2.05, 4.69) is 10.6 Å². The second-order valence-corrected chi connectivity index (χ2v) is 4.47. The van der Waals surface area contributed by atoms with Gasteiger partial charge in [0, 0.05) is 23.7 Å². The fourth-order valence-corrected chi connectivity index (χ4v) is 2.11. The van der Waals surface area contributed by atoms with E-state index in [1.54, 1.807) is 25.1 Å². The third kappa shape index (κ3) is 2.77. The molecule has 92 valence electrons. The maximum absolute atomic E-state index is 12.0. The van der Waals surface area contributed by atoms with E-state index in [-0.39, 0.29) is 17.7 Å². The Bertz CT molecular complexity index is 412. The maximum atomic E-state index is 12.0. The molecule has 1 aliphatic heterocycles. The fourth-order valence-electron chi connectivity index (χ4n) is 2.11. The van der Waals surface area contributed by atoms with Gasteiger partial charge in [-0.2, -0.15) is 0 Å². The van der Waals surface area contributed by atoms with Crippen molar-refractivity contribution in [3.05, 3.63) is 29.3 Å². The van der Waals surface area contributed by atoms with E-state index in [0.717, 1.165) is 25.9 Å². The highest BCUT2D eigenvalue weighted by Gasteiger charge is 2.18. The molecule has 0 saturated carbocycles. The molecule has 0 aliphatic carbocycles. The van der Waals surface area contributed by atoms with E-state index in [4.69, 9.17) is 0 Å². The Kier molecular flexibility index (Phi) is 3.64. The van der Waals surface area contributed by atoms with Gasteiger partial charge in [-0.15, -0.1) is 0 Å². The highest BCUT2D eigenvalue weighted by molar-refractivity contribution is 5.96. The van der Waals surface area contributed by atoms with Gasteiger partial charge in [0.25, 0.3) is 5.91 Å². The van der Waals surface area contributed by atoms with Crippen LogP contribution in [0.4, 0.5) is 0 Å². The highest BCUT2D eigenvalue weighted by Crippen LogP contribution is 2.19. The Balaban J connectivity index is 2.06. The van der Waals surface area contributed by atoms with Gasteiger partial charge < -0.3 is 15.7 Å². The summed E-state index contributed by atoms with van der Waals surface area (Å²) in [6, 6.07) is 5.21. The first-order valence-corrected chi connectivity index (χ1v) is 5.98. The Hall–Kier alpha value is -1.55. The number of nitrogens with one attached hydrogen (secondary N) is 2. The minimum atomic E-state index is -0.105. The summed E-state index contributed by atoms with van der Waals surface area (Å²) in [4.78, 5) is 12.0. The van der Waals surface area contributed by atoms with Gasteiger partial charge >= 0.3 is 0 Å². The first-order chi connectivity index (χ1) is 8.18. The largest absolute Gasteiger partial charge is 0.508 e. The van der Waals surface area contributed by atoms with Crippen molar-refractivity contribution in [3.8, 4) is 5.75 Å². The molecule has 17 heavy (non-hydrogen) atoms. The van der Waals surface area contributed by atoms with Crippen molar-refractivity contribution in [1.82, 2.24) is 10.6 Å². The number of benzene rings is 1. The number of carbonyl (C=O) groups excluding carboxylic acids is 1. The average Bonchev–Trinajstić information content (AvgIpc) is 2.34. The fraction of sp³-hybridized carbons (Fsp3) is 0.462. The van der Waals surface area contributed by atoms with Crippen LogP contribution < -0.4 is 10.6 Å². The lowest BCUT2D eigenvalue weighted by molar-refractivity contribution is 0.0929. The summed E-state index contributed by atoms with van der Waals surface area (Å²) in [5, 5.41) is 15.8. The first kappa shape index (κ1) is 11.9. The number of phenols is 1. The standard InChI is InChI=1S/C13H18N2O2/c1-9-11(5-2-6-12(9)16)13(17)15-10-4-3-7-14-8-10/h2,5-6,10,14,16H,3-4,7-8H2,1H3,(H,15,17). The van der Waals surface area contributed by atoms with Crippen LogP contribution in [0.5, 0.6) is 5.75 Å². The number of amides is 1. The summed E-state index contributed by atoms with van der Waals surface area (Å²) in [6.45, 7) is 3.60. The molecule has 0 radical (unpaired) electrons. The molecule has 1 saturated heterocycles. The lowest BCUT2D eigenvalue weighted by Crippen LogP contribution is -2.45. The number of aromatic hydroxyl groups is 1. The van der Waals surface area contributed by atoms with Crippen molar-refractivity contribution in [2.24, 2.45) is 0 Å². The molecule has 0 aromatic heterocycles. The summed E-state index contributed by atoms with van der Waals surface area (Å²) < 4.78 is 0. The van der Waals surface area contributed by atoms with Gasteiger partial charge in [0.15, 0.2) is 0 Å². The third-order valence-electron chi connectivity index (χ3n) is 3.18. The van der Waals surface area contributed by atoms with Gasteiger partial charge in [-0.1, -0.05) is 6.07 Å². The number of phenolic OH excluding ortho intramolecular Hbond substituents is 1. The Labute approximate surface area is 101 Å². The van der Waals surface area contributed by atoms with E-state index < -0.39 is 0 Å². The summed E-state index contributed by atoms with van der Waals surface area (Å²) in [6.07, 6.45) is 2.10. The molecule has 1 aromatic carbocycles. The van der Waals surface area contributed by atoms with E-state index in [9.17, 15) is 9.90 Å². The highest BCUT2D eigenvalue weighted by atomic mass is 16.3. The van der Waals surface area contributed by atoms with Gasteiger partial charge in [-0.3, -0.25) is 4.79 Å². The van der Waals surface area contributed by atoms with Crippen LogP contribution in [0.3, 0.4) is 0 Å². The minimum Gasteiger partial charge on any atom is -0.508 e. The molecule has 1 aromatic rings. The Morgan fingerprint density at radius 2 is 2.35 bits per heavy atom. The van der Waals surface area contributed by atoms with Crippen LogP contribution in [-0.2, 0) is 0 Å². The topological polar surface area (TPSA) is 61.4 Å². The summed E-state index contributed by atoms with van der Waals surface area (Å²) in [5.74, 6) is 0.0616. The zero-order valence-electron chi connectivity index (χ0n) is 9.99. The molecule has 3 N–H and O–H groups in total. The van der Waals surface area contributed by atoms with Crippen LogP contribution in [0.2, 0.25) is 0 Å². The molecule has 1 fully saturated rings. The van der Waals surface area contributed by atoms with Gasteiger partial charge in [0.05, 0.1) is 0 Å². The number of carbonyl (C=O) groups is 1. The van der Waals surface area contributed by atoms with Crippen LogP contribution in [0, 0.1) is 6.92 Å². The molecule has 1 unspecified atom stereocenters. The van der Waals surface area contributed by atoms with Crippen LogP contribution in [0.15, 0.2) is 18.2 Å². The molecule has 1 atom stereocenters. The van der Waals surface area contributed by atoms with E-state index in [0.29, 0.717) is 11.1 Å². The minimum absolute atomic E-state index is 0.105. The average molecular weight is 234 g/mol. The molecule has 0 spiro atoms. The zero-order chi connectivity index (χ0) is 12.3. The molecule has 1 aliphatic rings. The molecule has 1 amide bonds. The van der Waals surface area contributed by atoms with Gasteiger partial charge in [0.2, 0.25) is 0 Å². The van der Waals surface area contributed by atoms with Gasteiger partial charge in [-0.05, 0) is 38.4 Å². The number of rotatable bonds is 2. The van der Waals surface area contributed by atoms with E-state index in [1.165, 1.54) is 0 Å². The van der Waals surface area contributed by atoms with Crippen LogP contribution in [-0.4, -0.2) is 30.1 Å². The number of hydrogen-bond acceptors (Lipinski definition) is 3. The number of piperidine rings is 1. The molecule has 4 heteroatoms. The monoisotopic (exact) mass is 234 g/mol.